The number of aliphatic carboxylic acids is 1. The molecule has 32 heavy (non-hydrogen) atoms. The minimum Gasteiger partial charge on any atom is -0.480 e. The Kier molecular flexibility index (Phi) is 8.33. The van der Waals surface area contributed by atoms with Gasteiger partial charge >= 0.3 is 11.9 Å². The Morgan fingerprint density at radius 3 is 2.34 bits per heavy atom. The maximum absolute atomic E-state index is 13.8. The number of carbonyl (C=O) groups excluding carboxylic acids is 2. The van der Waals surface area contributed by atoms with E-state index in [1.165, 1.54) is 12.1 Å². The van der Waals surface area contributed by atoms with Crippen molar-refractivity contribution in [3.63, 3.8) is 0 Å². The number of carboxylic acid groups (broad SMARTS) is 1. The van der Waals surface area contributed by atoms with E-state index in [-0.39, 0.29) is 23.4 Å². The second-order valence-electron chi connectivity index (χ2n) is 6.76. The normalized spacial score (nSPS) is 12.5. The molecule has 0 heterocycles. The van der Waals surface area contributed by atoms with Crippen molar-refractivity contribution in [2.75, 3.05) is 6.61 Å². The van der Waals surface area contributed by atoms with E-state index in [4.69, 9.17) is 4.74 Å². The van der Waals surface area contributed by atoms with Crippen molar-refractivity contribution in [1.82, 2.24) is 5.32 Å². The lowest BCUT2D eigenvalue weighted by Gasteiger charge is -2.25. The van der Waals surface area contributed by atoms with E-state index in [1.54, 1.807) is 6.92 Å². The van der Waals surface area contributed by atoms with Crippen molar-refractivity contribution < 1.29 is 37.9 Å². The monoisotopic (exact) mass is 450 g/mol. The van der Waals surface area contributed by atoms with Crippen LogP contribution in [-0.2, 0) is 25.5 Å². The lowest BCUT2D eigenvalue weighted by Crippen LogP contribution is -2.46. The Morgan fingerprint density at radius 2 is 1.81 bits per heavy atom. The molecule has 0 spiro atoms. The van der Waals surface area contributed by atoms with E-state index in [2.05, 4.69) is 5.32 Å². The second kappa shape index (κ2) is 10.9. The summed E-state index contributed by atoms with van der Waals surface area (Å²) in [6, 6.07) is 5.83. The number of halogens is 2. The number of carboxylic acids is 1. The first-order valence-electron chi connectivity index (χ1n) is 9.48. The smallest absolute Gasteiger partial charge is 0.326 e. The summed E-state index contributed by atoms with van der Waals surface area (Å²) in [4.78, 5) is 46.6. The number of nitrogens with one attached hydrogen (secondary N) is 1. The van der Waals surface area contributed by atoms with Crippen LogP contribution in [0.15, 0.2) is 42.5 Å². The van der Waals surface area contributed by atoms with Crippen LogP contribution in [0.4, 0.5) is 14.5 Å². The molecule has 0 saturated heterocycles. The Bertz CT molecular complexity index is 1010. The average Bonchev–Trinajstić information content (AvgIpc) is 2.72. The number of non-ortho nitro benzene ring substituents is 1. The summed E-state index contributed by atoms with van der Waals surface area (Å²) in [7, 11) is 0. The molecule has 0 saturated carbocycles. The predicted molar refractivity (Wildman–Crippen MR) is 107 cm³/mol. The van der Waals surface area contributed by atoms with E-state index in [1.807, 2.05) is 0 Å². The molecule has 2 atom stereocenters. The Labute approximate surface area is 181 Å². The number of carbonyl (C=O) groups is 3. The quantitative estimate of drug-likeness (QED) is 0.323. The van der Waals surface area contributed by atoms with Gasteiger partial charge in [-0.15, -0.1) is 0 Å². The largest absolute Gasteiger partial charge is 0.480 e. The van der Waals surface area contributed by atoms with Gasteiger partial charge in [0.2, 0.25) is 5.91 Å². The summed E-state index contributed by atoms with van der Waals surface area (Å²) >= 11 is 0. The Morgan fingerprint density at radius 1 is 1.16 bits per heavy atom. The van der Waals surface area contributed by atoms with Crippen molar-refractivity contribution in [3.05, 3.63) is 75.3 Å². The number of hydrogen-bond acceptors (Lipinski definition) is 6. The number of rotatable bonds is 10. The molecule has 0 bridgehead atoms. The van der Waals surface area contributed by atoms with E-state index in [0.717, 1.165) is 24.3 Å². The van der Waals surface area contributed by atoms with Gasteiger partial charge in [0.25, 0.3) is 5.69 Å². The van der Waals surface area contributed by atoms with Crippen molar-refractivity contribution >= 4 is 23.5 Å². The fourth-order valence-corrected chi connectivity index (χ4v) is 3.07. The first kappa shape index (κ1) is 24.4. The van der Waals surface area contributed by atoms with E-state index < -0.39 is 59.2 Å². The number of benzene rings is 2. The van der Waals surface area contributed by atoms with Gasteiger partial charge in [0.1, 0.15) is 17.7 Å². The third-order valence-corrected chi connectivity index (χ3v) is 4.57. The van der Waals surface area contributed by atoms with Crippen LogP contribution in [0.5, 0.6) is 0 Å². The second-order valence-corrected chi connectivity index (χ2v) is 6.76. The molecule has 0 aliphatic carbocycles. The van der Waals surface area contributed by atoms with Gasteiger partial charge < -0.3 is 15.2 Å². The minimum absolute atomic E-state index is 0.0414. The van der Waals surface area contributed by atoms with Gasteiger partial charge in [-0.25, -0.2) is 13.6 Å². The summed E-state index contributed by atoms with van der Waals surface area (Å²) < 4.78 is 31.8. The van der Waals surface area contributed by atoms with Gasteiger partial charge in [0.05, 0.1) is 24.4 Å². The van der Waals surface area contributed by atoms with Crippen LogP contribution < -0.4 is 5.32 Å². The molecule has 0 radical (unpaired) electrons. The molecule has 2 aromatic carbocycles. The lowest BCUT2D eigenvalue weighted by molar-refractivity contribution is -0.384. The van der Waals surface area contributed by atoms with Gasteiger partial charge in [-0.2, -0.15) is 0 Å². The number of esters is 1. The van der Waals surface area contributed by atoms with Gasteiger partial charge in [-0.05, 0) is 24.1 Å². The molecule has 0 aliphatic rings. The summed E-state index contributed by atoms with van der Waals surface area (Å²) in [5.41, 5.74) is -0.152. The molecule has 0 aromatic heterocycles. The van der Waals surface area contributed by atoms with Crippen LogP contribution in [0.2, 0.25) is 0 Å². The van der Waals surface area contributed by atoms with Crippen LogP contribution in [0.25, 0.3) is 0 Å². The van der Waals surface area contributed by atoms with Crippen molar-refractivity contribution in [2.45, 2.75) is 31.7 Å². The molecular formula is C21H20F2N2O7. The number of hydrogen-bond donors (Lipinski definition) is 2. The standard InChI is InChI=1S/C21H20F2N2O7/c1-2-32-19(27)11-16(12-4-7-15(8-5-12)25(30)31)20(21(28)29)24-18(26)9-13-3-6-14(22)10-17(13)23/h3-8,10,16,20H,2,9,11H2,1H3,(H,24,26)(H,28,29)/t16-,20+/m1/s1. The van der Waals surface area contributed by atoms with Crippen molar-refractivity contribution in [3.8, 4) is 0 Å². The van der Waals surface area contributed by atoms with Crippen molar-refractivity contribution in [2.24, 2.45) is 0 Å². The summed E-state index contributed by atoms with van der Waals surface area (Å²) in [6.07, 6.45) is -1.00. The molecule has 9 nitrogen and oxygen atoms in total. The molecule has 2 N–H and O–H groups in total. The van der Waals surface area contributed by atoms with Crippen LogP contribution in [-0.4, -0.2) is 40.5 Å². The van der Waals surface area contributed by atoms with E-state index in [0.29, 0.717) is 6.07 Å². The topological polar surface area (TPSA) is 136 Å². The average molecular weight is 450 g/mol. The minimum atomic E-state index is -1.63. The maximum atomic E-state index is 13.8. The highest BCUT2D eigenvalue weighted by Gasteiger charge is 2.33. The Hall–Kier alpha value is -3.89. The predicted octanol–water partition coefficient (Wildman–Crippen LogP) is 2.72. The summed E-state index contributed by atoms with van der Waals surface area (Å²) in [5, 5.41) is 22.8. The number of nitrogens with zero attached hydrogens (tertiary/aromatic N) is 1. The molecule has 170 valence electrons. The molecule has 2 rings (SSSR count). The zero-order valence-corrected chi connectivity index (χ0v) is 16.9. The number of nitro groups is 1. The molecular weight excluding hydrogens is 430 g/mol. The fourth-order valence-electron chi connectivity index (χ4n) is 3.07. The molecule has 0 fully saturated rings. The van der Waals surface area contributed by atoms with Crippen LogP contribution in [0.3, 0.4) is 0 Å². The highest BCUT2D eigenvalue weighted by Crippen LogP contribution is 2.27. The molecule has 0 aliphatic heterocycles. The zero-order chi connectivity index (χ0) is 23.8. The van der Waals surface area contributed by atoms with Crippen molar-refractivity contribution in [1.29, 1.82) is 0 Å². The van der Waals surface area contributed by atoms with Gasteiger partial charge in [-0.3, -0.25) is 19.7 Å². The lowest BCUT2D eigenvalue weighted by atomic mass is 9.88. The highest BCUT2D eigenvalue weighted by atomic mass is 19.1. The van der Waals surface area contributed by atoms with Gasteiger partial charge in [0, 0.05) is 24.1 Å². The third kappa shape index (κ3) is 6.56. The highest BCUT2D eigenvalue weighted by molar-refractivity contribution is 5.86. The van der Waals surface area contributed by atoms with Crippen LogP contribution >= 0.6 is 0 Å². The zero-order valence-electron chi connectivity index (χ0n) is 16.9. The third-order valence-electron chi connectivity index (χ3n) is 4.57. The number of ether oxygens (including phenoxy) is 1. The van der Waals surface area contributed by atoms with Crippen LogP contribution in [0.1, 0.15) is 30.4 Å². The molecule has 0 unspecified atom stereocenters. The molecule has 11 heteroatoms. The van der Waals surface area contributed by atoms with Crippen LogP contribution in [0, 0.1) is 21.7 Å². The van der Waals surface area contributed by atoms with Gasteiger partial charge in [0.15, 0.2) is 0 Å². The first-order chi connectivity index (χ1) is 15.1. The number of nitro benzene ring substituents is 1. The number of amides is 1. The maximum Gasteiger partial charge on any atom is 0.326 e. The fraction of sp³-hybridized carbons (Fsp3) is 0.286. The summed E-state index contributed by atoms with van der Waals surface area (Å²) in [5.74, 6) is -6.02. The summed E-state index contributed by atoms with van der Waals surface area (Å²) in [6.45, 7) is 1.60. The SMILES string of the molecule is CCOC(=O)C[C@H](c1ccc([N+](=O)[O-])cc1)[C@H](NC(=O)Cc1ccc(F)cc1F)C(=O)O. The van der Waals surface area contributed by atoms with Gasteiger partial charge in [-0.1, -0.05) is 18.2 Å². The Balaban J connectivity index is 2.31. The molecule has 2 aromatic rings. The molecule has 1 amide bonds. The van der Waals surface area contributed by atoms with E-state index in [9.17, 15) is 38.4 Å². The van der Waals surface area contributed by atoms with E-state index >= 15 is 0 Å². The first-order valence-corrected chi connectivity index (χ1v) is 9.48.